The predicted octanol–water partition coefficient (Wildman–Crippen LogP) is 1.95. The van der Waals surface area contributed by atoms with Gasteiger partial charge in [-0.2, -0.15) is 0 Å². The number of benzene rings is 1. The van der Waals surface area contributed by atoms with Crippen molar-refractivity contribution in [3.63, 3.8) is 0 Å². The molecule has 78 valence electrons. The highest BCUT2D eigenvalue weighted by atomic mass is 79.9. The number of amides is 2. The fourth-order valence-electron chi connectivity index (χ4n) is 1.54. The van der Waals surface area contributed by atoms with Crippen molar-refractivity contribution >= 4 is 43.7 Å². The highest BCUT2D eigenvalue weighted by Crippen LogP contribution is 2.30. The molecule has 1 heterocycles. The standard InChI is InChI=1S/C10H7Br2NO2/c11-6-3-1-5(2-4-6)7-8(12)10(15)13-9(7)14/h1-4,7-8H,(H,13,14,15)/t7-,8-/m0/s1. The minimum Gasteiger partial charge on any atom is -0.295 e. The lowest BCUT2D eigenvalue weighted by Crippen LogP contribution is -2.22. The first-order chi connectivity index (χ1) is 7.09. The van der Waals surface area contributed by atoms with Gasteiger partial charge in [0.05, 0.1) is 5.92 Å². The van der Waals surface area contributed by atoms with Gasteiger partial charge in [0.2, 0.25) is 11.8 Å². The molecule has 0 aromatic heterocycles. The summed E-state index contributed by atoms with van der Waals surface area (Å²) in [5.74, 6) is -0.942. The van der Waals surface area contributed by atoms with Gasteiger partial charge in [-0.25, -0.2) is 0 Å². The zero-order valence-corrected chi connectivity index (χ0v) is 10.7. The lowest BCUT2D eigenvalue weighted by atomic mass is 9.98. The molecule has 1 saturated heterocycles. The molecule has 2 rings (SSSR count). The van der Waals surface area contributed by atoms with Gasteiger partial charge in [0.25, 0.3) is 0 Å². The van der Waals surface area contributed by atoms with Crippen LogP contribution in [-0.4, -0.2) is 16.6 Å². The van der Waals surface area contributed by atoms with E-state index in [0.717, 1.165) is 10.0 Å². The van der Waals surface area contributed by atoms with Crippen LogP contribution in [0.5, 0.6) is 0 Å². The van der Waals surface area contributed by atoms with Crippen molar-refractivity contribution in [2.45, 2.75) is 10.7 Å². The highest BCUT2D eigenvalue weighted by Gasteiger charge is 2.40. The molecule has 15 heavy (non-hydrogen) atoms. The van der Waals surface area contributed by atoms with E-state index in [0.29, 0.717) is 0 Å². The summed E-state index contributed by atoms with van der Waals surface area (Å²) in [5.41, 5.74) is 0.837. The van der Waals surface area contributed by atoms with Crippen LogP contribution in [-0.2, 0) is 9.59 Å². The maximum absolute atomic E-state index is 11.5. The number of carbonyl (C=O) groups excluding carboxylic acids is 2. The Morgan fingerprint density at radius 2 is 1.67 bits per heavy atom. The first kappa shape index (κ1) is 10.8. The van der Waals surface area contributed by atoms with Gasteiger partial charge < -0.3 is 0 Å². The first-order valence-corrected chi connectivity index (χ1v) is 6.04. The average Bonchev–Trinajstić information content (AvgIpc) is 2.44. The van der Waals surface area contributed by atoms with E-state index in [1.165, 1.54) is 0 Å². The van der Waals surface area contributed by atoms with Crippen LogP contribution in [0.4, 0.5) is 0 Å². The molecule has 1 aromatic rings. The van der Waals surface area contributed by atoms with E-state index in [-0.39, 0.29) is 11.8 Å². The molecule has 0 saturated carbocycles. The molecule has 1 aliphatic rings. The van der Waals surface area contributed by atoms with Crippen LogP contribution in [0, 0.1) is 0 Å². The normalized spacial score (nSPS) is 25.5. The summed E-state index contributed by atoms with van der Waals surface area (Å²) in [5, 5.41) is 2.29. The van der Waals surface area contributed by atoms with E-state index < -0.39 is 10.7 Å². The van der Waals surface area contributed by atoms with E-state index in [2.05, 4.69) is 37.2 Å². The van der Waals surface area contributed by atoms with Gasteiger partial charge >= 0.3 is 0 Å². The molecule has 1 N–H and O–H groups in total. The van der Waals surface area contributed by atoms with E-state index in [4.69, 9.17) is 0 Å². The summed E-state index contributed by atoms with van der Waals surface area (Å²) in [6.07, 6.45) is 0. The van der Waals surface area contributed by atoms with Gasteiger partial charge in [0.15, 0.2) is 0 Å². The summed E-state index contributed by atoms with van der Waals surface area (Å²) in [6.45, 7) is 0. The SMILES string of the molecule is O=C1NC(=O)[C@@H](c2ccc(Br)cc2)[C@@H]1Br. The van der Waals surface area contributed by atoms with Crippen LogP contribution < -0.4 is 5.32 Å². The third kappa shape index (κ3) is 1.99. The zero-order chi connectivity index (χ0) is 11.0. The second-order valence-corrected chi connectivity index (χ2v) is 5.19. The van der Waals surface area contributed by atoms with E-state index >= 15 is 0 Å². The molecule has 0 radical (unpaired) electrons. The van der Waals surface area contributed by atoms with Crippen molar-refractivity contribution in [3.8, 4) is 0 Å². The molecule has 1 fully saturated rings. The maximum Gasteiger partial charge on any atom is 0.241 e. The fraction of sp³-hybridized carbons (Fsp3) is 0.200. The number of alkyl halides is 1. The summed E-state index contributed by atoms with van der Waals surface area (Å²) < 4.78 is 0.946. The number of nitrogens with one attached hydrogen (secondary N) is 1. The lowest BCUT2D eigenvalue weighted by molar-refractivity contribution is -0.125. The van der Waals surface area contributed by atoms with E-state index in [1.54, 1.807) is 0 Å². The predicted molar refractivity (Wildman–Crippen MR) is 62.7 cm³/mol. The first-order valence-electron chi connectivity index (χ1n) is 4.34. The average molecular weight is 333 g/mol. The lowest BCUT2D eigenvalue weighted by Gasteiger charge is -2.09. The Bertz CT molecular complexity index is 416. The quantitative estimate of drug-likeness (QED) is 0.631. The molecule has 0 spiro atoms. The van der Waals surface area contributed by atoms with E-state index in [1.807, 2.05) is 24.3 Å². The molecule has 3 nitrogen and oxygen atoms in total. The maximum atomic E-state index is 11.5. The van der Waals surface area contributed by atoms with Gasteiger partial charge in [0, 0.05) is 4.47 Å². The molecule has 1 aliphatic heterocycles. The second-order valence-electron chi connectivity index (χ2n) is 3.28. The number of hydrogen-bond donors (Lipinski definition) is 1. The van der Waals surface area contributed by atoms with Gasteiger partial charge in [-0.05, 0) is 17.7 Å². The smallest absolute Gasteiger partial charge is 0.241 e. The Balaban J connectivity index is 2.34. The van der Waals surface area contributed by atoms with Gasteiger partial charge in [-0.3, -0.25) is 14.9 Å². The summed E-state index contributed by atoms with van der Waals surface area (Å²) in [6, 6.07) is 7.37. The molecular weight excluding hydrogens is 326 g/mol. The molecule has 5 heteroatoms. The van der Waals surface area contributed by atoms with Crippen molar-refractivity contribution in [1.29, 1.82) is 0 Å². The number of imide groups is 1. The van der Waals surface area contributed by atoms with Gasteiger partial charge in [-0.1, -0.05) is 44.0 Å². The molecule has 2 amide bonds. The van der Waals surface area contributed by atoms with E-state index in [9.17, 15) is 9.59 Å². The van der Waals surface area contributed by atoms with Crippen molar-refractivity contribution in [1.82, 2.24) is 5.32 Å². The number of halogens is 2. The van der Waals surface area contributed by atoms with Crippen molar-refractivity contribution < 1.29 is 9.59 Å². The monoisotopic (exact) mass is 331 g/mol. The highest BCUT2D eigenvalue weighted by molar-refractivity contribution is 9.10. The van der Waals surface area contributed by atoms with Crippen LogP contribution in [0.1, 0.15) is 11.5 Å². The van der Waals surface area contributed by atoms with Gasteiger partial charge in [0.1, 0.15) is 4.83 Å². The Morgan fingerprint density at radius 1 is 1.07 bits per heavy atom. The Hall–Kier alpha value is -0.680. The second kappa shape index (κ2) is 4.06. The summed E-state index contributed by atoms with van der Waals surface area (Å²) >= 11 is 6.54. The molecule has 0 bridgehead atoms. The Labute approximate surface area is 103 Å². The number of rotatable bonds is 1. The molecule has 0 aliphatic carbocycles. The molecular formula is C10H7Br2NO2. The van der Waals surface area contributed by atoms with Crippen molar-refractivity contribution in [2.75, 3.05) is 0 Å². The summed E-state index contributed by atoms with van der Waals surface area (Å²) in [7, 11) is 0. The largest absolute Gasteiger partial charge is 0.295 e. The van der Waals surface area contributed by atoms with Crippen molar-refractivity contribution in [2.24, 2.45) is 0 Å². The minimum absolute atomic E-state index is 0.246. The van der Waals surface area contributed by atoms with Crippen LogP contribution in [0.25, 0.3) is 0 Å². The van der Waals surface area contributed by atoms with Crippen LogP contribution in [0.15, 0.2) is 28.7 Å². The summed E-state index contributed by atoms with van der Waals surface area (Å²) in [4.78, 5) is 22.3. The van der Waals surface area contributed by atoms with Crippen molar-refractivity contribution in [3.05, 3.63) is 34.3 Å². The number of hydrogen-bond acceptors (Lipinski definition) is 2. The topological polar surface area (TPSA) is 46.2 Å². The minimum atomic E-state index is -0.467. The Kier molecular flexibility index (Phi) is 2.93. The van der Waals surface area contributed by atoms with Crippen LogP contribution in [0.3, 0.4) is 0 Å². The van der Waals surface area contributed by atoms with Crippen LogP contribution >= 0.6 is 31.9 Å². The molecule has 2 atom stereocenters. The third-order valence-electron chi connectivity index (χ3n) is 2.30. The molecule has 0 unspecified atom stereocenters. The Morgan fingerprint density at radius 3 is 2.13 bits per heavy atom. The fourth-order valence-corrected chi connectivity index (χ4v) is 2.47. The van der Waals surface area contributed by atoms with Gasteiger partial charge in [-0.15, -0.1) is 0 Å². The number of carbonyl (C=O) groups is 2. The zero-order valence-electron chi connectivity index (χ0n) is 7.54. The van der Waals surface area contributed by atoms with Crippen LogP contribution in [0.2, 0.25) is 0 Å². The third-order valence-corrected chi connectivity index (χ3v) is 3.77. The molecule has 1 aromatic carbocycles.